The maximum Gasteiger partial charge on any atom is 0.242 e. The van der Waals surface area contributed by atoms with E-state index in [2.05, 4.69) is 9.82 Å². The summed E-state index contributed by atoms with van der Waals surface area (Å²) in [6.07, 6.45) is 0.661. The van der Waals surface area contributed by atoms with Crippen molar-refractivity contribution in [2.75, 3.05) is 12.3 Å². The Morgan fingerprint density at radius 2 is 2.00 bits per heavy atom. The zero-order chi connectivity index (χ0) is 15.5. The minimum absolute atomic E-state index is 0.121. The first-order valence-corrected chi connectivity index (χ1v) is 8.24. The molecule has 6 nitrogen and oxygen atoms in total. The molecule has 21 heavy (non-hydrogen) atoms. The standard InChI is InChI=1S/C14H20N4O2S/c1-11-10-12(2)18(17-11)9-5-8-16-21(19,20)14-7-4-3-6-13(14)15/h3-4,6-7,10,16H,5,8-9,15H2,1-2H3. The number of benzene rings is 1. The molecule has 0 fully saturated rings. The second kappa shape index (κ2) is 6.28. The lowest BCUT2D eigenvalue weighted by Gasteiger charge is -2.09. The van der Waals surface area contributed by atoms with Gasteiger partial charge in [-0.1, -0.05) is 12.1 Å². The molecule has 7 heteroatoms. The molecule has 0 aliphatic carbocycles. The number of sulfonamides is 1. The topological polar surface area (TPSA) is 90.0 Å². The number of hydrogen-bond acceptors (Lipinski definition) is 4. The predicted octanol–water partition coefficient (Wildman–Crippen LogP) is 1.45. The highest BCUT2D eigenvalue weighted by Gasteiger charge is 2.15. The number of rotatable bonds is 6. The van der Waals surface area contributed by atoms with Crippen molar-refractivity contribution in [3.63, 3.8) is 0 Å². The fourth-order valence-electron chi connectivity index (χ4n) is 2.14. The Kier molecular flexibility index (Phi) is 4.64. The third-order valence-corrected chi connectivity index (χ3v) is 4.69. The number of nitrogens with one attached hydrogen (secondary N) is 1. The summed E-state index contributed by atoms with van der Waals surface area (Å²) in [7, 11) is -3.55. The average Bonchev–Trinajstić information content (AvgIpc) is 2.73. The highest BCUT2D eigenvalue weighted by molar-refractivity contribution is 7.89. The van der Waals surface area contributed by atoms with E-state index in [1.807, 2.05) is 24.6 Å². The van der Waals surface area contributed by atoms with E-state index in [4.69, 9.17) is 5.73 Å². The van der Waals surface area contributed by atoms with E-state index < -0.39 is 10.0 Å². The number of nitrogen functional groups attached to an aromatic ring is 1. The van der Waals surface area contributed by atoms with Crippen LogP contribution in [0.25, 0.3) is 0 Å². The van der Waals surface area contributed by atoms with Gasteiger partial charge in [0.2, 0.25) is 10.0 Å². The fourth-order valence-corrected chi connectivity index (χ4v) is 3.34. The van der Waals surface area contributed by atoms with Gasteiger partial charge in [0.15, 0.2) is 0 Å². The lowest BCUT2D eigenvalue weighted by molar-refractivity contribution is 0.544. The molecule has 114 valence electrons. The summed E-state index contributed by atoms with van der Waals surface area (Å²) in [6, 6.07) is 8.43. The lowest BCUT2D eigenvalue weighted by Crippen LogP contribution is -2.26. The molecule has 0 radical (unpaired) electrons. The van der Waals surface area contributed by atoms with Crippen LogP contribution < -0.4 is 10.5 Å². The third kappa shape index (κ3) is 3.83. The molecular formula is C14H20N4O2S. The number of anilines is 1. The van der Waals surface area contributed by atoms with Gasteiger partial charge in [0, 0.05) is 18.8 Å². The molecule has 0 aliphatic rings. The predicted molar refractivity (Wildman–Crippen MR) is 82.4 cm³/mol. The van der Waals surface area contributed by atoms with Crippen LogP contribution in [0.1, 0.15) is 17.8 Å². The van der Waals surface area contributed by atoms with Gasteiger partial charge in [0.1, 0.15) is 4.90 Å². The SMILES string of the molecule is Cc1cc(C)n(CCCNS(=O)(=O)c2ccccc2N)n1. The van der Waals surface area contributed by atoms with Gasteiger partial charge in [-0.2, -0.15) is 5.10 Å². The third-order valence-electron chi connectivity index (χ3n) is 3.15. The molecule has 1 aromatic heterocycles. The largest absolute Gasteiger partial charge is 0.398 e. The molecule has 3 N–H and O–H groups in total. The summed E-state index contributed by atoms with van der Waals surface area (Å²) in [5.41, 5.74) is 7.98. The average molecular weight is 308 g/mol. The van der Waals surface area contributed by atoms with Gasteiger partial charge >= 0.3 is 0 Å². The summed E-state index contributed by atoms with van der Waals surface area (Å²) in [6.45, 7) is 4.93. The quantitative estimate of drug-likeness (QED) is 0.624. The summed E-state index contributed by atoms with van der Waals surface area (Å²) in [5.74, 6) is 0. The molecule has 0 spiro atoms. The molecule has 2 rings (SSSR count). The monoisotopic (exact) mass is 308 g/mol. The molecule has 0 unspecified atom stereocenters. The second-order valence-electron chi connectivity index (χ2n) is 4.94. The van der Waals surface area contributed by atoms with Gasteiger partial charge in [-0.25, -0.2) is 13.1 Å². The van der Waals surface area contributed by atoms with Crippen LogP contribution >= 0.6 is 0 Å². The summed E-state index contributed by atoms with van der Waals surface area (Å²) >= 11 is 0. The maximum absolute atomic E-state index is 12.1. The normalized spacial score (nSPS) is 11.7. The number of nitrogens with two attached hydrogens (primary N) is 1. The van der Waals surface area contributed by atoms with Crippen LogP contribution in [0.15, 0.2) is 35.2 Å². The zero-order valence-electron chi connectivity index (χ0n) is 12.2. The van der Waals surface area contributed by atoms with E-state index in [1.165, 1.54) is 6.07 Å². The Labute approximate surface area is 125 Å². The van der Waals surface area contributed by atoms with Gasteiger partial charge in [0.25, 0.3) is 0 Å². The Bertz CT molecular complexity index is 722. The van der Waals surface area contributed by atoms with E-state index in [0.29, 0.717) is 19.5 Å². The summed E-state index contributed by atoms with van der Waals surface area (Å²) in [4.78, 5) is 0.121. The van der Waals surface area contributed by atoms with Crippen LogP contribution in [-0.2, 0) is 16.6 Å². The van der Waals surface area contributed by atoms with Gasteiger partial charge in [-0.3, -0.25) is 4.68 Å². The van der Waals surface area contributed by atoms with Crippen LogP contribution in [0.3, 0.4) is 0 Å². The van der Waals surface area contributed by atoms with Crippen molar-refractivity contribution < 1.29 is 8.42 Å². The lowest BCUT2D eigenvalue weighted by atomic mass is 10.3. The molecule has 2 aromatic rings. The molecule has 0 atom stereocenters. The molecule has 0 bridgehead atoms. The number of aromatic nitrogens is 2. The van der Waals surface area contributed by atoms with E-state index >= 15 is 0 Å². The molecule has 1 heterocycles. The first-order valence-electron chi connectivity index (χ1n) is 6.75. The van der Waals surface area contributed by atoms with E-state index in [1.54, 1.807) is 18.2 Å². The van der Waals surface area contributed by atoms with Crippen LogP contribution in [0.2, 0.25) is 0 Å². The number of aryl methyl sites for hydroxylation is 3. The second-order valence-corrected chi connectivity index (χ2v) is 6.67. The fraction of sp³-hybridized carbons (Fsp3) is 0.357. The van der Waals surface area contributed by atoms with E-state index in [9.17, 15) is 8.42 Å². The van der Waals surface area contributed by atoms with Gasteiger partial charge < -0.3 is 5.73 Å². The van der Waals surface area contributed by atoms with Crippen molar-refractivity contribution >= 4 is 15.7 Å². The van der Waals surface area contributed by atoms with Crippen molar-refractivity contribution in [1.29, 1.82) is 0 Å². The summed E-state index contributed by atoms with van der Waals surface area (Å²) in [5, 5.41) is 4.34. The Morgan fingerprint density at radius 1 is 1.29 bits per heavy atom. The Hall–Kier alpha value is -1.86. The van der Waals surface area contributed by atoms with Gasteiger partial charge in [-0.15, -0.1) is 0 Å². The van der Waals surface area contributed by atoms with Crippen molar-refractivity contribution in [3.8, 4) is 0 Å². The minimum atomic E-state index is -3.55. The van der Waals surface area contributed by atoms with Crippen molar-refractivity contribution in [1.82, 2.24) is 14.5 Å². The molecule has 0 saturated carbocycles. The van der Waals surface area contributed by atoms with E-state index in [0.717, 1.165) is 11.4 Å². The van der Waals surface area contributed by atoms with Gasteiger partial charge in [-0.05, 0) is 38.5 Å². The van der Waals surface area contributed by atoms with Crippen molar-refractivity contribution in [2.45, 2.75) is 31.7 Å². The van der Waals surface area contributed by atoms with E-state index in [-0.39, 0.29) is 10.6 Å². The number of para-hydroxylation sites is 1. The van der Waals surface area contributed by atoms with Gasteiger partial charge in [0.05, 0.1) is 11.4 Å². The molecule has 0 amide bonds. The maximum atomic E-state index is 12.1. The van der Waals surface area contributed by atoms with Crippen LogP contribution in [-0.4, -0.2) is 24.7 Å². The zero-order valence-corrected chi connectivity index (χ0v) is 13.0. The molecular weight excluding hydrogens is 288 g/mol. The van der Waals surface area contributed by atoms with Crippen LogP contribution in [0, 0.1) is 13.8 Å². The highest BCUT2D eigenvalue weighted by atomic mass is 32.2. The first-order chi connectivity index (χ1) is 9.90. The molecule has 1 aromatic carbocycles. The smallest absolute Gasteiger partial charge is 0.242 e. The van der Waals surface area contributed by atoms with Crippen LogP contribution in [0.4, 0.5) is 5.69 Å². The number of hydrogen-bond donors (Lipinski definition) is 2. The number of nitrogens with zero attached hydrogens (tertiary/aromatic N) is 2. The molecule has 0 aliphatic heterocycles. The van der Waals surface area contributed by atoms with Crippen LogP contribution in [0.5, 0.6) is 0 Å². The molecule has 0 saturated heterocycles. The Balaban J connectivity index is 1.91. The minimum Gasteiger partial charge on any atom is -0.398 e. The Morgan fingerprint density at radius 3 is 2.62 bits per heavy atom. The first kappa shape index (κ1) is 15.5. The highest BCUT2D eigenvalue weighted by Crippen LogP contribution is 2.16. The van der Waals surface area contributed by atoms with Crippen molar-refractivity contribution in [2.24, 2.45) is 0 Å². The van der Waals surface area contributed by atoms with Crippen molar-refractivity contribution in [3.05, 3.63) is 41.7 Å². The summed E-state index contributed by atoms with van der Waals surface area (Å²) < 4.78 is 28.7.